The Morgan fingerprint density at radius 2 is 1.56 bits per heavy atom. The summed E-state index contributed by atoms with van der Waals surface area (Å²) in [5, 5.41) is 11.0. The molecule has 0 saturated carbocycles. The van der Waals surface area contributed by atoms with Crippen molar-refractivity contribution >= 4 is 39.9 Å². The van der Waals surface area contributed by atoms with Crippen molar-refractivity contribution in [2.45, 2.75) is 31.6 Å². The number of carbonyl (C=O) groups excluding carboxylic acids is 1. The van der Waals surface area contributed by atoms with Gasteiger partial charge in [0.15, 0.2) is 11.5 Å². The van der Waals surface area contributed by atoms with Gasteiger partial charge in [0, 0.05) is 61.9 Å². The van der Waals surface area contributed by atoms with Crippen LogP contribution in [0.3, 0.4) is 0 Å². The molecule has 2 aromatic carbocycles. The van der Waals surface area contributed by atoms with Crippen LogP contribution in [0, 0.1) is 0 Å². The summed E-state index contributed by atoms with van der Waals surface area (Å²) in [6, 6.07) is 15.0. The molecule has 11 nitrogen and oxygen atoms in total. The molecule has 7 rings (SSSR count). The number of piperazine rings is 1. The summed E-state index contributed by atoms with van der Waals surface area (Å²) in [5.41, 5.74) is 3.92. The van der Waals surface area contributed by atoms with Gasteiger partial charge >= 0.3 is 6.03 Å². The first kappa shape index (κ1) is 27.5. The number of morpholine rings is 1. The number of hydrogen-bond acceptors (Lipinski definition) is 8. The number of benzene rings is 2. The van der Waals surface area contributed by atoms with Crippen molar-refractivity contribution < 1.29 is 13.9 Å². The largest absolute Gasteiger partial charge is 0.371 e. The van der Waals surface area contributed by atoms with E-state index >= 15 is 0 Å². The highest BCUT2D eigenvalue weighted by atomic mass is 19.1. The first-order valence-corrected chi connectivity index (χ1v) is 14.9. The Balaban J connectivity index is 1.05. The molecule has 224 valence electrons. The minimum absolute atomic E-state index is 0.129. The molecule has 43 heavy (non-hydrogen) atoms. The van der Waals surface area contributed by atoms with E-state index in [4.69, 9.17) is 14.7 Å². The Morgan fingerprint density at radius 3 is 2.21 bits per heavy atom. The first-order chi connectivity index (χ1) is 21.0. The van der Waals surface area contributed by atoms with Crippen molar-refractivity contribution in [2.24, 2.45) is 0 Å². The van der Waals surface area contributed by atoms with Crippen molar-refractivity contribution in [1.82, 2.24) is 24.6 Å². The summed E-state index contributed by atoms with van der Waals surface area (Å²) in [6.07, 6.45) is 4.22. The summed E-state index contributed by atoms with van der Waals surface area (Å²) in [4.78, 5) is 29.4. The summed E-state index contributed by atoms with van der Waals surface area (Å²) < 4.78 is 20.9. The highest BCUT2D eigenvalue weighted by Crippen LogP contribution is 2.34. The third kappa shape index (κ3) is 5.84. The number of likely N-dealkylation sites (N-methyl/N-ethyl adjacent to an activating group) is 1. The van der Waals surface area contributed by atoms with E-state index in [1.807, 2.05) is 48.5 Å². The SMILES string of the molecule is CN1CCN(c2ccc(NC(=O)Nc3ccc(-c4nc(N5CC6CCC(C5)O6)c5cnn(CCF)c5n4)cc3)cc2)CC1. The number of hydrogen-bond donors (Lipinski definition) is 2. The van der Waals surface area contributed by atoms with Crippen LogP contribution in [0.2, 0.25) is 0 Å². The zero-order chi connectivity index (χ0) is 29.3. The lowest BCUT2D eigenvalue weighted by Gasteiger charge is -2.34. The van der Waals surface area contributed by atoms with Crippen molar-refractivity contribution in [1.29, 1.82) is 0 Å². The van der Waals surface area contributed by atoms with E-state index < -0.39 is 6.67 Å². The van der Waals surface area contributed by atoms with Crippen LogP contribution in [0.4, 0.5) is 32.1 Å². The van der Waals surface area contributed by atoms with Gasteiger partial charge in [-0.25, -0.2) is 23.8 Å². The molecule has 3 aliphatic rings. The number of halogens is 1. The molecule has 0 spiro atoms. The molecule has 5 heterocycles. The van der Waals surface area contributed by atoms with Gasteiger partial charge in [0.1, 0.15) is 12.5 Å². The fraction of sp³-hybridized carbons (Fsp3) is 0.419. The predicted octanol–water partition coefficient (Wildman–Crippen LogP) is 4.23. The minimum atomic E-state index is -0.532. The molecule has 0 radical (unpaired) electrons. The lowest BCUT2D eigenvalue weighted by atomic mass is 10.2. The van der Waals surface area contributed by atoms with Crippen LogP contribution < -0.4 is 20.4 Å². The number of anilines is 4. The van der Waals surface area contributed by atoms with Crippen molar-refractivity contribution in [2.75, 3.05) is 73.4 Å². The van der Waals surface area contributed by atoms with Gasteiger partial charge < -0.3 is 30.1 Å². The Morgan fingerprint density at radius 1 is 0.907 bits per heavy atom. The van der Waals surface area contributed by atoms with Gasteiger partial charge in [0.05, 0.1) is 30.3 Å². The second kappa shape index (κ2) is 11.8. The van der Waals surface area contributed by atoms with E-state index in [9.17, 15) is 9.18 Å². The topological polar surface area (TPSA) is 104 Å². The Labute approximate surface area is 249 Å². The zero-order valence-corrected chi connectivity index (χ0v) is 24.2. The Bertz CT molecular complexity index is 1570. The average molecular weight is 586 g/mol. The van der Waals surface area contributed by atoms with Gasteiger partial charge in [-0.1, -0.05) is 0 Å². The van der Waals surface area contributed by atoms with Gasteiger partial charge in [-0.05, 0) is 68.4 Å². The van der Waals surface area contributed by atoms with E-state index in [1.54, 1.807) is 10.9 Å². The number of amides is 2. The normalized spacial score (nSPS) is 20.5. The molecular formula is C31H36FN9O2. The third-order valence-electron chi connectivity index (χ3n) is 8.51. The number of urea groups is 1. The highest BCUT2D eigenvalue weighted by molar-refractivity contribution is 6.00. The second-order valence-electron chi connectivity index (χ2n) is 11.5. The molecule has 3 fully saturated rings. The average Bonchev–Trinajstić information content (AvgIpc) is 3.59. The summed E-state index contributed by atoms with van der Waals surface area (Å²) in [7, 11) is 2.14. The number of carbonyl (C=O) groups is 1. The van der Waals surface area contributed by atoms with E-state index in [-0.39, 0.29) is 24.8 Å². The highest BCUT2D eigenvalue weighted by Gasteiger charge is 2.35. The van der Waals surface area contributed by atoms with Crippen LogP contribution in [0.25, 0.3) is 22.4 Å². The fourth-order valence-corrected chi connectivity index (χ4v) is 6.16. The Kier molecular flexibility index (Phi) is 7.54. The number of fused-ring (bicyclic) bond motifs is 3. The van der Waals surface area contributed by atoms with Crippen LogP contribution in [0.1, 0.15) is 12.8 Å². The van der Waals surface area contributed by atoms with Gasteiger partial charge in [0.25, 0.3) is 0 Å². The third-order valence-corrected chi connectivity index (χ3v) is 8.51. The quantitative estimate of drug-likeness (QED) is 0.332. The maximum atomic E-state index is 13.3. The summed E-state index contributed by atoms with van der Waals surface area (Å²) in [5.74, 6) is 1.32. The standard InChI is InChI=1S/C31H36FN9O2/c1-38-14-16-39(17-15-38)24-8-6-23(7-9-24)35-31(42)34-22-4-2-21(3-5-22)28-36-29(40-19-25-10-11-26(20-40)43-25)27-18-33-41(13-12-32)30(27)37-28/h2-9,18,25-26H,10-17,19-20H2,1H3,(H2,34,35,42). The number of rotatable bonds is 7. The van der Waals surface area contributed by atoms with Gasteiger partial charge in [-0.3, -0.25) is 0 Å². The Hall–Kier alpha value is -4.29. The zero-order valence-electron chi connectivity index (χ0n) is 24.2. The van der Waals surface area contributed by atoms with E-state index in [0.717, 1.165) is 80.3 Å². The number of alkyl halides is 1. The molecule has 2 atom stereocenters. The fourth-order valence-electron chi connectivity index (χ4n) is 6.16. The number of nitrogens with zero attached hydrogens (tertiary/aromatic N) is 7. The second-order valence-corrected chi connectivity index (χ2v) is 11.5. The number of ether oxygens (including phenoxy) is 1. The van der Waals surface area contributed by atoms with Crippen LogP contribution >= 0.6 is 0 Å². The molecule has 2 amide bonds. The van der Waals surface area contributed by atoms with E-state index in [0.29, 0.717) is 17.2 Å². The number of aromatic nitrogens is 4. The van der Waals surface area contributed by atoms with Crippen LogP contribution in [0.5, 0.6) is 0 Å². The number of nitrogens with one attached hydrogen (secondary N) is 2. The predicted molar refractivity (Wildman–Crippen MR) is 166 cm³/mol. The lowest BCUT2D eigenvalue weighted by molar-refractivity contribution is 0.0303. The van der Waals surface area contributed by atoms with Crippen LogP contribution in [-0.2, 0) is 11.3 Å². The van der Waals surface area contributed by atoms with Crippen LogP contribution in [-0.4, -0.2) is 95.9 Å². The van der Waals surface area contributed by atoms with E-state index in [2.05, 4.69) is 37.5 Å². The van der Waals surface area contributed by atoms with E-state index in [1.165, 1.54) is 0 Å². The van der Waals surface area contributed by atoms with Crippen molar-refractivity contribution in [3.05, 3.63) is 54.7 Å². The van der Waals surface area contributed by atoms with Crippen molar-refractivity contribution in [3.63, 3.8) is 0 Å². The van der Waals surface area contributed by atoms with Crippen LogP contribution in [0.15, 0.2) is 54.7 Å². The molecule has 2 N–H and O–H groups in total. The molecular weight excluding hydrogens is 549 g/mol. The smallest absolute Gasteiger partial charge is 0.323 e. The first-order valence-electron chi connectivity index (χ1n) is 14.9. The molecule has 2 aromatic heterocycles. The molecule has 3 saturated heterocycles. The lowest BCUT2D eigenvalue weighted by Crippen LogP contribution is -2.44. The maximum Gasteiger partial charge on any atom is 0.323 e. The van der Waals surface area contributed by atoms with Crippen molar-refractivity contribution in [3.8, 4) is 11.4 Å². The van der Waals surface area contributed by atoms with Gasteiger partial charge in [-0.15, -0.1) is 0 Å². The molecule has 2 bridgehead atoms. The van der Waals surface area contributed by atoms with Gasteiger partial charge in [0.2, 0.25) is 0 Å². The number of aryl methyl sites for hydroxylation is 1. The summed E-state index contributed by atoms with van der Waals surface area (Å²) in [6.45, 7) is 5.19. The minimum Gasteiger partial charge on any atom is -0.371 e. The monoisotopic (exact) mass is 585 g/mol. The summed E-state index contributed by atoms with van der Waals surface area (Å²) >= 11 is 0. The molecule has 0 aliphatic carbocycles. The molecule has 12 heteroatoms. The molecule has 3 aliphatic heterocycles. The maximum absolute atomic E-state index is 13.3. The van der Waals surface area contributed by atoms with Gasteiger partial charge in [-0.2, -0.15) is 5.10 Å². The molecule has 4 aromatic rings. The molecule has 2 unspecified atom stereocenters.